The quantitative estimate of drug-likeness (QED) is 0.920. The molecule has 0 saturated carbocycles. The molecule has 21 heavy (non-hydrogen) atoms. The lowest BCUT2D eigenvalue weighted by Gasteiger charge is -2.22. The Bertz CT molecular complexity index is 687. The molecule has 3 nitrogen and oxygen atoms in total. The number of ether oxygens (including phenoxy) is 2. The van der Waals surface area contributed by atoms with E-state index in [4.69, 9.17) is 21.1 Å². The fourth-order valence-electron chi connectivity index (χ4n) is 2.34. The van der Waals surface area contributed by atoms with E-state index >= 15 is 0 Å². The molecule has 0 radical (unpaired) electrons. The first-order chi connectivity index (χ1) is 10.1. The smallest absolute Gasteiger partial charge is 0.162 e. The van der Waals surface area contributed by atoms with Crippen molar-refractivity contribution in [3.63, 3.8) is 0 Å². The minimum absolute atomic E-state index is 0.188. The average Bonchev–Trinajstić information content (AvgIpc) is 2.48. The highest BCUT2D eigenvalue weighted by molar-refractivity contribution is 6.31. The largest absolute Gasteiger partial charge is 0.486 e. The number of aliphatic hydroxyl groups is 1. The van der Waals surface area contributed by atoms with Crippen LogP contribution >= 0.6 is 11.6 Å². The number of halogens is 2. The van der Waals surface area contributed by atoms with E-state index in [-0.39, 0.29) is 5.56 Å². The molecule has 0 fully saturated rings. The summed E-state index contributed by atoms with van der Waals surface area (Å²) in [6.45, 7) is 2.54. The molecule has 110 valence electrons. The Morgan fingerprint density at radius 1 is 1.14 bits per heavy atom. The molecule has 5 heteroatoms. The van der Waals surface area contributed by atoms with Crippen LogP contribution in [0.3, 0.4) is 0 Å². The van der Waals surface area contributed by atoms with Crippen LogP contribution in [0.2, 0.25) is 5.02 Å². The summed E-state index contributed by atoms with van der Waals surface area (Å²) in [6.07, 6.45) is -1.16. The van der Waals surface area contributed by atoms with Gasteiger partial charge >= 0.3 is 0 Å². The molecule has 0 amide bonds. The van der Waals surface area contributed by atoms with Gasteiger partial charge in [0.15, 0.2) is 11.5 Å². The molecule has 0 bridgehead atoms. The van der Waals surface area contributed by atoms with Crippen LogP contribution in [0.1, 0.15) is 22.8 Å². The van der Waals surface area contributed by atoms with Gasteiger partial charge in [-0.2, -0.15) is 0 Å². The Morgan fingerprint density at radius 3 is 2.52 bits per heavy atom. The molecule has 1 aliphatic heterocycles. The topological polar surface area (TPSA) is 38.7 Å². The number of aliphatic hydroxyl groups excluding tert-OH is 1. The monoisotopic (exact) mass is 308 g/mol. The zero-order valence-electron chi connectivity index (χ0n) is 11.4. The third kappa shape index (κ3) is 2.57. The molecule has 0 aromatic heterocycles. The lowest BCUT2D eigenvalue weighted by atomic mass is 9.98. The molecule has 0 spiro atoms. The van der Waals surface area contributed by atoms with Crippen LogP contribution in [0.4, 0.5) is 4.39 Å². The highest BCUT2D eigenvalue weighted by Gasteiger charge is 2.22. The fraction of sp³-hybridized carbons (Fsp3) is 0.250. The zero-order chi connectivity index (χ0) is 15.0. The summed E-state index contributed by atoms with van der Waals surface area (Å²) >= 11 is 6.18. The molecule has 2 aromatic rings. The summed E-state index contributed by atoms with van der Waals surface area (Å²) in [6, 6.07) is 8.07. The molecular weight excluding hydrogens is 295 g/mol. The first-order valence-corrected chi connectivity index (χ1v) is 6.98. The molecule has 1 atom stereocenters. The van der Waals surface area contributed by atoms with Crippen LogP contribution in [-0.4, -0.2) is 18.3 Å². The van der Waals surface area contributed by atoms with Gasteiger partial charge in [-0.05, 0) is 18.6 Å². The second-order valence-corrected chi connectivity index (χ2v) is 5.31. The van der Waals surface area contributed by atoms with Crippen molar-refractivity contribution in [3.05, 3.63) is 57.9 Å². The van der Waals surface area contributed by atoms with Gasteiger partial charge in [-0.15, -0.1) is 0 Å². The van der Waals surface area contributed by atoms with Gasteiger partial charge in [0.1, 0.15) is 25.1 Å². The minimum atomic E-state index is -1.16. The predicted octanol–water partition coefficient (Wildman–Crippen LogP) is 3.64. The van der Waals surface area contributed by atoms with Gasteiger partial charge in [-0.25, -0.2) is 4.39 Å². The average molecular weight is 309 g/mol. The molecule has 0 aliphatic carbocycles. The Hall–Kier alpha value is -1.78. The molecule has 2 aromatic carbocycles. The van der Waals surface area contributed by atoms with Crippen molar-refractivity contribution in [2.75, 3.05) is 13.2 Å². The van der Waals surface area contributed by atoms with E-state index in [2.05, 4.69) is 0 Å². The molecule has 1 unspecified atom stereocenters. The van der Waals surface area contributed by atoms with Crippen LogP contribution < -0.4 is 9.47 Å². The SMILES string of the molecule is Cc1cccc(C(O)c2cc3c(cc2Cl)OCCO3)c1F. The maximum atomic E-state index is 14.1. The number of rotatable bonds is 2. The van der Waals surface area contributed by atoms with E-state index in [0.717, 1.165) is 0 Å². The van der Waals surface area contributed by atoms with Crippen molar-refractivity contribution in [1.82, 2.24) is 0 Å². The van der Waals surface area contributed by atoms with Gasteiger partial charge in [0.05, 0.1) is 5.02 Å². The normalized spacial score (nSPS) is 14.9. The van der Waals surface area contributed by atoms with E-state index in [9.17, 15) is 9.50 Å². The highest BCUT2D eigenvalue weighted by Crippen LogP contribution is 2.39. The van der Waals surface area contributed by atoms with Crippen LogP contribution in [-0.2, 0) is 0 Å². The van der Waals surface area contributed by atoms with E-state index in [1.165, 1.54) is 0 Å². The summed E-state index contributed by atoms with van der Waals surface area (Å²) in [7, 11) is 0. The van der Waals surface area contributed by atoms with E-state index in [1.807, 2.05) is 0 Å². The van der Waals surface area contributed by atoms with Gasteiger partial charge in [0.25, 0.3) is 0 Å². The van der Waals surface area contributed by atoms with E-state index in [1.54, 1.807) is 37.3 Å². The van der Waals surface area contributed by atoms with Gasteiger partial charge in [0.2, 0.25) is 0 Å². The standard InChI is InChI=1S/C16H14ClFO3/c1-9-3-2-4-10(15(9)18)16(19)11-7-13-14(8-12(11)17)21-6-5-20-13/h2-4,7-8,16,19H,5-6H2,1H3. The maximum absolute atomic E-state index is 14.1. The van der Waals surface area contributed by atoms with E-state index < -0.39 is 11.9 Å². The van der Waals surface area contributed by atoms with Crippen molar-refractivity contribution in [2.45, 2.75) is 13.0 Å². The lowest BCUT2D eigenvalue weighted by molar-refractivity contribution is 0.169. The maximum Gasteiger partial charge on any atom is 0.162 e. The first-order valence-electron chi connectivity index (χ1n) is 6.60. The molecule has 1 heterocycles. The zero-order valence-corrected chi connectivity index (χ0v) is 12.2. The second-order valence-electron chi connectivity index (χ2n) is 4.90. The number of hydrogen-bond acceptors (Lipinski definition) is 3. The van der Waals surface area contributed by atoms with Crippen LogP contribution in [0.5, 0.6) is 11.5 Å². The Morgan fingerprint density at radius 2 is 1.81 bits per heavy atom. The third-order valence-corrected chi connectivity index (χ3v) is 3.80. The minimum Gasteiger partial charge on any atom is -0.486 e. The summed E-state index contributed by atoms with van der Waals surface area (Å²) in [5, 5.41) is 10.8. The number of benzene rings is 2. The Labute approximate surface area is 126 Å². The molecular formula is C16H14ClFO3. The third-order valence-electron chi connectivity index (χ3n) is 3.47. The predicted molar refractivity (Wildman–Crippen MR) is 77.6 cm³/mol. The number of aryl methyl sites for hydroxylation is 1. The summed E-state index contributed by atoms with van der Waals surface area (Å²) in [5.41, 5.74) is 1.05. The van der Waals surface area contributed by atoms with Crippen LogP contribution in [0.15, 0.2) is 30.3 Å². The Kier molecular flexibility index (Phi) is 3.74. The van der Waals surface area contributed by atoms with Crippen molar-refractivity contribution in [2.24, 2.45) is 0 Å². The van der Waals surface area contributed by atoms with Crippen LogP contribution in [0, 0.1) is 12.7 Å². The fourth-order valence-corrected chi connectivity index (χ4v) is 2.60. The molecule has 1 aliphatic rings. The summed E-state index contributed by atoms with van der Waals surface area (Å²) < 4.78 is 25.0. The van der Waals surface area contributed by atoms with Gasteiger partial charge < -0.3 is 14.6 Å². The first kappa shape index (κ1) is 14.2. The number of fused-ring (bicyclic) bond motifs is 1. The summed E-state index contributed by atoms with van der Waals surface area (Å²) in [4.78, 5) is 0. The highest BCUT2D eigenvalue weighted by atomic mass is 35.5. The lowest BCUT2D eigenvalue weighted by Crippen LogP contribution is -2.16. The van der Waals surface area contributed by atoms with Crippen molar-refractivity contribution < 1.29 is 19.0 Å². The second kappa shape index (κ2) is 5.54. The molecule has 1 N–H and O–H groups in total. The van der Waals surface area contributed by atoms with E-state index in [0.29, 0.717) is 40.9 Å². The van der Waals surface area contributed by atoms with Gasteiger partial charge in [0, 0.05) is 17.2 Å². The van der Waals surface area contributed by atoms with Crippen molar-refractivity contribution in [1.29, 1.82) is 0 Å². The Balaban J connectivity index is 2.05. The van der Waals surface area contributed by atoms with Gasteiger partial charge in [-0.1, -0.05) is 29.8 Å². The summed E-state index contributed by atoms with van der Waals surface area (Å²) in [5.74, 6) is 0.607. The van der Waals surface area contributed by atoms with Crippen molar-refractivity contribution in [3.8, 4) is 11.5 Å². The molecule has 3 rings (SSSR count). The van der Waals surface area contributed by atoms with Crippen LogP contribution in [0.25, 0.3) is 0 Å². The molecule has 0 saturated heterocycles. The number of hydrogen-bond donors (Lipinski definition) is 1. The van der Waals surface area contributed by atoms with Crippen molar-refractivity contribution >= 4 is 11.6 Å². The van der Waals surface area contributed by atoms with Gasteiger partial charge in [-0.3, -0.25) is 0 Å².